The predicted molar refractivity (Wildman–Crippen MR) is 107 cm³/mol. The van der Waals surface area contributed by atoms with Gasteiger partial charge in [-0.15, -0.1) is 0 Å². The van der Waals surface area contributed by atoms with E-state index in [-0.39, 0.29) is 36.5 Å². The fourth-order valence-corrected chi connectivity index (χ4v) is 3.42. The molecule has 1 saturated heterocycles. The summed E-state index contributed by atoms with van der Waals surface area (Å²) >= 11 is 0. The minimum atomic E-state index is -1.01. The van der Waals surface area contributed by atoms with Gasteiger partial charge in [0, 0.05) is 18.5 Å². The lowest BCUT2D eigenvalue weighted by molar-refractivity contribution is -0.140. The molecule has 2 aromatic rings. The van der Waals surface area contributed by atoms with Crippen LogP contribution in [0.5, 0.6) is 11.5 Å². The van der Waals surface area contributed by atoms with E-state index in [2.05, 4.69) is 0 Å². The van der Waals surface area contributed by atoms with Crippen LogP contribution in [0.3, 0.4) is 0 Å². The number of phenols is 1. The van der Waals surface area contributed by atoms with E-state index in [4.69, 9.17) is 9.84 Å². The molecule has 0 bridgehead atoms. The van der Waals surface area contributed by atoms with Crippen molar-refractivity contribution < 1.29 is 34.4 Å². The Kier molecular flexibility index (Phi) is 6.06. The molecule has 1 atom stereocenters. The number of aliphatic hydroxyl groups is 1. The summed E-state index contributed by atoms with van der Waals surface area (Å²) in [5, 5.41) is 29.4. The van der Waals surface area contributed by atoms with Gasteiger partial charge in [-0.05, 0) is 48.4 Å². The van der Waals surface area contributed by atoms with E-state index in [9.17, 15) is 24.6 Å². The second kappa shape index (κ2) is 8.69. The molecule has 0 spiro atoms. The molecule has 1 amide bonds. The molecular weight excluding hydrogens is 390 g/mol. The molecule has 3 rings (SSSR count). The van der Waals surface area contributed by atoms with Gasteiger partial charge in [0.15, 0.2) is 0 Å². The zero-order chi connectivity index (χ0) is 21.8. The Morgan fingerprint density at radius 1 is 1.03 bits per heavy atom. The summed E-state index contributed by atoms with van der Waals surface area (Å²) in [5.41, 5.74) is 0.756. The summed E-state index contributed by atoms with van der Waals surface area (Å²) in [4.78, 5) is 37.6. The number of nitrogens with zero attached hydrogens (tertiary/aromatic N) is 1. The van der Waals surface area contributed by atoms with Crippen LogP contribution in [0.1, 0.15) is 30.0 Å². The van der Waals surface area contributed by atoms with Gasteiger partial charge in [0.05, 0.1) is 18.7 Å². The van der Waals surface area contributed by atoms with Crippen LogP contribution in [-0.4, -0.2) is 51.5 Å². The average Bonchev–Trinajstić information content (AvgIpc) is 2.98. The van der Waals surface area contributed by atoms with Gasteiger partial charge < -0.3 is 25.0 Å². The molecule has 8 heteroatoms. The molecule has 1 aliphatic heterocycles. The van der Waals surface area contributed by atoms with Crippen LogP contribution < -0.4 is 4.74 Å². The van der Waals surface area contributed by atoms with Gasteiger partial charge in [-0.2, -0.15) is 0 Å². The lowest BCUT2D eigenvalue weighted by Crippen LogP contribution is -2.31. The summed E-state index contributed by atoms with van der Waals surface area (Å²) in [5.74, 6) is -2.43. The van der Waals surface area contributed by atoms with E-state index in [1.165, 1.54) is 24.1 Å². The quantitative estimate of drug-likeness (QED) is 0.363. The molecule has 8 nitrogen and oxygen atoms in total. The van der Waals surface area contributed by atoms with Gasteiger partial charge in [-0.3, -0.25) is 14.4 Å². The number of methoxy groups -OCH3 is 1. The van der Waals surface area contributed by atoms with Gasteiger partial charge in [0.2, 0.25) is 0 Å². The van der Waals surface area contributed by atoms with Crippen molar-refractivity contribution in [3.8, 4) is 11.5 Å². The number of carboxylic acids is 1. The molecule has 0 saturated carbocycles. The van der Waals surface area contributed by atoms with Gasteiger partial charge in [0.1, 0.15) is 17.3 Å². The summed E-state index contributed by atoms with van der Waals surface area (Å²) < 4.78 is 5.10. The van der Waals surface area contributed by atoms with E-state index in [1.807, 2.05) is 0 Å². The normalized spacial score (nSPS) is 17.9. The first-order chi connectivity index (χ1) is 14.3. The van der Waals surface area contributed by atoms with Crippen molar-refractivity contribution in [2.75, 3.05) is 13.7 Å². The lowest BCUT2D eigenvalue weighted by Gasteiger charge is -2.25. The topological polar surface area (TPSA) is 124 Å². The largest absolute Gasteiger partial charge is 0.508 e. The number of hydrogen-bond acceptors (Lipinski definition) is 6. The van der Waals surface area contributed by atoms with Crippen molar-refractivity contribution in [1.29, 1.82) is 0 Å². The standard InChI is InChI=1S/C22H21NO7/c1-30-16-10-6-14(7-11-16)20(27)18-19(13-4-8-15(24)9-5-13)23(22(29)21(18)28)12-2-3-17(25)26/h4-11,19,24,27H,2-3,12H2,1H3,(H,25,26)/t19-/m1/s1. The van der Waals surface area contributed by atoms with E-state index in [0.29, 0.717) is 16.9 Å². The number of likely N-dealkylation sites (tertiary alicyclic amines) is 1. The van der Waals surface area contributed by atoms with Crippen LogP contribution in [0.4, 0.5) is 0 Å². The molecule has 156 valence electrons. The summed E-state index contributed by atoms with van der Waals surface area (Å²) in [6.07, 6.45) is -0.0106. The minimum absolute atomic E-state index is 0.0109. The summed E-state index contributed by atoms with van der Waals surface area (Å²) in [6.45, 7) is 0.0296. The number of rotatable bonds is 7. The third-order valence-electron chi connectivity index (χ3n) is 4.90. The van der Waals surface area contributed by atoms with Gasteiger partial charge in [-0.1, -0.05) is 12.1 Å². The number of ether oxygens (including phenoxy) is 1. The van der Waals surface area contributed by atoms with Gasteiger partial charge >= 0.3 is 5.97 Å². The van der Waals surface area contributed by atoms with Gasteiger partial charge in [0.25, 0.3) is 11.7 Å². The Bertz CT molecular complexity index is 993. The number of amides is 1. The average molecular weight is 411 g/mol. The first-order valence-electron chi connectivity index (χ1n) is 9.27. The van der Waals surface area contributed by atoms with Crippen molar-refractivity contribution in [3.05, 3.63) is 65.2 Å². The monoisotopic (exact) mass is 411 g/mol. The van der Waals surface area contributed by atoms with E-state index in [0.717, 1.165) is 0 Å². The van der Waals surface area contributed by atoms with Crippen LogP contribution in [-0.2, 0) is 14.4 Å². The number of carbonyl (C=O) groups is 3. The molecule has 0 unspecified atom stereocenters. The third kappa shape index (κ3) is 4.12. The van der Waals surface area contributed by atoms with Gasteiger partial charge in [-0.25, -0.2) is 0 Å². The zero-order valence-corrected chi connectivity index (χ0v) is 16.2. The maximum atomic E-state index is 12.8. The van der Waals surface area contributed by atoms with Crippen molar-refractivity contribution in [2.45, 2.75) is 18.9 Å². The van der Waals surface area contributed by atoms with Crippen molar-refractivity contribution in [2.24, 2.45) is 0 Å². The summed E-state index contributed by atoms with van der Waals surface area (Å²) in [6, 6.07) is 11.4. The maximum Gasteiger partial charge on any atom is 0.303 e. The van der Waals surface area contributed by atoms with Crippen LogP contribution in [0.2, 0.25) is 0 Å². The molecule has 0 aromatic heterocycles. The molecule has 0 aliphatic carbocycles. The zero-order valence-electron chi connectivity index (χ0n) is 16.2. The molecule has 3 N–H and O–H groups in total. The smallest absolute Gasteiger partial charge is 0.303 e. The second-order valence-corrected chi connectivity index (χ2v) is 6.81. The Labute approximate surface area is 172 Å². The Morgan fingerprint density at radius 2 is 1.67 bits per heavy atom. The molecule has 1 fully saturated rings. The van der Waals surface area contributed by atoms with Crippen molar-refractivity contribution >= 4 is 23.4 Å². The Morgan fingerprint density at radius 3 is 2.23 bits per heavy atom. The highest BCUT2D eigenvalue weighted by atomic mass is 16.5. The first-order valence-corrected chi connectivity index (χ1v) is 9.27. The second-order valence-electron chi connectivity index (χ2n) is 6.81. The number of aromatic hydroxyl groups is 1. The van der Waals surface area contributed by atoms with Crippen molar-refractivity contribution in [3.63, 3.8) is 0 Å². The van der Waals surface area contributed by atoms with Crippen LogP contribution >= 0.6 is 0 Å². The number of phenolic OH excluding ortho intramolecular Hbond substituents is 1. The van der Waals surface area contributed by atoms with E-state index < -0.39 is 23.7 Å². The lowest BCUT2D eigenvalue weighted by atomic mass is 9.95. The van der Waals surface area contributed by atoms with E-state index in [1.54, 1.807) is 36.4 Å². The Balaban J connectivity index is 2.07. The predicted octanol–water partition coefficient (Wildman–Crippen LogP) is 2.69. The molecule has 30 heavy (non-hydrogen) atoms. The summed E-state index contributed by atoms with van der Waals surface area (Å²) in [7, 11) is 1.50. The van der Waals surface area contributed by atoms with E-state index >= 15 is 0 Å². The molecule has 1 aliphatic rings. The first kappa shape index (κ1) is 20.9. The number of ketones is 1. The third-order valence-corrected chi connectivity index (χ3v) is 4.90. The van der Waals surface area contributed by atoms with Crippen LogP contribution in [0.15, 0.2) is 54.1 Å². The SMILES string of the molecule is COc1ccc(C(O)=C2C(=O)C(=O)N(CCCC(=O)O)[C@@H]2c2ccc(O)cc2)cc1. The van der Waals surface area contributed by atoms with Crippen molar-refractivity contribution in [1.82, 2.24) is 4.90 Å². The maximum absolute atomic E-state index is 12.8. The number of benzene rings is 2. The highest BCUT2D eigenvalue weighted by Crippen LogP contribution is 2.40. The number of carboxylic acid groups (broad SMARTS) is 1. The molecule has 2 aromatic carbocycles. The number of carbonyl (C=O) groups excluding carboxylic acids is 2. The number of Topliss-reactive ketones (excluding diaryl/α,β-unsaturated/α-hetero) is 1. The molecular formula is C22H21NO7. The fourth-order valence-electron chi connectivity index (χ4n) is 3.42. The number of aliphatic hydroxyl groups excluding tert-OH is 1. The van der Waals surface area contributed by atoms with Crippen LogP contribution in [0, 0.1) is 0 Å². The fraction of sp³-hybridized carbons (Fsp3) is 0.227. The Hall–Kier alpha value is -3.81. The number of aliphatic carboxylic acids is 1. The minimum Gasteiger partial charge on any atom is -0.508 e. The highest BCUT2D eigenvalue weighted by Gasteiger charge is 2.45. The van der Waals surface area contributed by atoms with Crippen LogP contribution in [0.25, 0.3) is 5.76 Å². The molecule has 0 radical (unpaired) electrons. The molecule has 1 heterocycles. The highest BCUT2D eigenvalue weighted by molar-refractivity contribution is 6.46. The number of hydrogen-bond donors (Lipinski definition) is 3.